The van der Waals surface area contributed by atoms with Crippen molar-refractivity contribution in [3.05, 3.63) is 65.2 Å². The third kappa shape index (κ3) is 7.69. The van der Waals surface area contributed by atoms with E-state index in [2.05, 4.69) is 20.8 Å². The molecule has 2 aromatic rings. The molecule has 2 amide bonds. The van der Waals surface area contributed by atoms with E-state index in [9.17, 15) is 14.4 Å². The second-order valence-electron chi connectivity index (χ2n) is 9.30. The second kappa shape index (κ2) is 11.1. The van der Waals surface area contributed by atoms with Crippen LogP contribution in [0.2, 0.25) is 0 Å². The molecule has 2 aromatic carbocycles. The van der Waals surface area contributed by atoms with Crippen molar-refractivity contribution in [2.45, 2.75) is 38.6 Å². The van der Waals surface area contributed by atoms with Gasteiger partial charge >= 0.3 is 5.97 Å². The molecular weight excluding hydrogens is 420 g/mol. The molecule has 0 spiro atoms. The van der Waals surface area contributed by atoms with Crippen LogP contribution in [0.5, 0.6) is 0 Å². The Bertz CT molecular complexity index is 983. The minimum Gasteiger partial charge on any atom is -0.478 e. The van der Waals surface area contributed by atoms with Gasteiger partial charge in [-0.15, -0.1) is 0 Å². The van der Waals surface area contributed by atoms with E-state index in [1.165, 1.54) is 0 Å². The summed E-state index contributed by atoms with van der Waals surface area (Å²) in [5, 5.41) is 8.68. The fourth-order valence-electron chi connectivity index (χ4n) is 3.38. The Morgan fingerprint density at radius 3 is 2.24 bits per heavy atom. The van der Waals surface area contributed by atoms with Gasteiger partial charge in [-0.25, -0.2) is 4.79 Å². The minimum absolute atomic E-state index is 0.0788. The summed E-state index contributed by atoms with van der Waals surface area (Å²) in [5.74, 6) is -1.32. The summed E-state index contributed by atoms with van der Waals surface area (Å²) in [5.41, 5.74) is 14.1. The topological polar surface area (TPSA) is 130 Å². The molecule has 1 fully saturated rings. The highest BCUT2D eigenvalue weighted by Crippen LogP contribution is 2.22. The Morgan fingerprint density at radius 2 is 1.73 bits per heavy atom. The number of piperazine rings is 1. The summed E-state index contributed by atoms with van der Waals surface area (Å²) in [6, 6.07) is 13.8. The van der Waals surface area contributed by atoms with Crippen molar-refractivity contribution < 1.29 is 19.5 Å². The molecule has 0 aromatic heterocycles. The zero-order valence-corrected chi connectivity index (χ0v) is 19.7. The van der Waals surface area contributed by atoms with E-state index in [4.69, 9.17) is 16.6 Å². The number of rotatable bonds is 5. The lowest BCUT2D eigenvalue weighted by Crippen LogP contribution is -2.48. The van der Waals surface area contributed by atoms with Gasteiger partial charge in [0.05, 0.1) is 18.2 Å². The number of carbonyl (C=O) groups is 3. The highest BCUT2D eigenvalue weighted by Gasteiger charge is 2.23. The molecule has 0 bridgehead atoms. The summed E-state index contributed by atoms with van der Waals surface area (Å²) in [6.45, 7) is 8.23. The van der Waals surface area contributed by atoms with Gasteiger partial charge in [0.1, 0.15) is 0 Å². The molecule has 8 heteroatoms. The van der Waals surface area contributed by atoms with Crippen LogP contribution >= 0.6 is 0 Å². The number of hydrogen-bond donors (Lipinski definition) is 3. The molecule has 3 rings (SSSR count). The molecule has 0 aliphatic carbocycles. The van der Waals surface area contributed by atoms with Gasteiger partial charge < -0.3 is 21.5 Å². The molecule has 1 aliphatic heterocycles. The lowest BCUT2D eigenvalue weighted by atomic mass is 9.87. The van der Waals surface area contributed by atoms with E-state index in [-0.39, 0.29) is 11.3 Å². The van der Waals surface area contributed by atoms with Gasteiger partial charge in [0.15, 0.2) is 0 Å². The number of primary amides is 1. The van der Waals surface area contributed by atoms with Crippen LogP contribution in [-0.2, 0) is 21.4 Å². The number of nitrogens with two attached hydrogens (primary N) is 2. The monoisotopic (exact) mass is 454 g/mol. The van der Waals surface area contributed by atoms with Crippen LogP contribution in [-0.4, -0.2) is 60.5 Å². The maximum atomic E-state index is 12.0. The average molecular weight is 455 g/mol. The van der Waals surface area contributed by atoms with Gasteiger partial charge in [-0.05, 0) is 54.3 Å². The van der Waals surface area contributed by atoms with Crippen molar-refractivity contribution in [2.24, 2.45) is 11.5 Å². The number of carbonyl (C=O) groups excluding carboxylic acids is 2. The summed E-state index contributed by atoms with van der Waals surface area (Å²) in [4.78, 5) is 37.4. The summed E-state index contributed by atoms with van der Waals surface area (Å²) >= 11 is 0. The van der Waals surface area contributed by atoms with E-state index in [1.54, 1.807) is 17.0 Å². The first-order valence-corrected chi connectivity index (χ1v) is 10.8. The van der Waals surface area contributed by atoms with Crippen molar-refractivity contribution in [3.63, 3.8) is 0 Å². The minimum atomic E-state index is -0.875. The van der Waals surface area contributed by atoms with E-state index in [0.717, 1.165) is 23.4 Å². The standard InChI is InChI=1S/C14H20N4O2.C11H14O2/c1-17-5-6-18(13(19)9-17)11-4-2-3-10(7-11)8-12(15)14(16)20;1-11(2,3)9-6-4-8(5-7-9)10(12)13/h2-4,7,12H,5-6,8-9,15H2,1H3,(H2,16,20);4-7H,1-3H3,(H,12,13). The maximum Gasteiger partial charge on any atom is 0.335 e. The van der Waals surface area contributed by atoms with Crippen LogP contribution in [0.1, 0.15) is 42.3 Å². The molecule has 33 heavy (non-hydrogen) atoms. The second-order valence-corrected chi connectivity index (χ2v) is 9.30. The van der Waals surface area contributed by atoms with Crippen LogP contribution in [0.25, 0.3) is 0 Å². The number of hydrogen-bond acceptors (Lipinski definition) is 5. The first-order chi connectivity index (χ1) is 15.4. The van der Waals surface area contributed by atoms with Gasteiger partial charge in [-0.3, -0.25) is 14.5 Å². The highest BCUT2D eigenvalue weighted by molar-refractivity contribution is 5.95. The average Bonchev–Trinajstić information content (AvgIpc) is 2.73. The van der Waals surface area contributed by atoms with E-state index in [0.29, 0.717) is 25.1 Å². The molecule has 0 saturated carbocycles. The largest absolute Gasteiger partial charge is 0.478 e. The first-order valence-electron chi connectivity index (χ1n) is 10.8. The molecule has 1 aliphatic rings. The van der Waals surface area contributed by atoms with E-state index < -0.39 is 17.9 Å². The number of likely N-dealkylation sites (N-methyl/N-ethyl adjacent to an activating group) is 1. The number of nitrogens with zero attached hydrogens (tertiary/aromatic N) is 2. The van der Waals surface area contributed by atoms with Crippen molar-refractivity contribution in [3.8, 4) is 0 Å². The normalized spacial score (nSPS) is 15.4. The maximum absolute atomic E-state index is 12.0. The number of aromatic carboxylic acids is 1. The van der Waals surface area contributed by atoms with Crippen LogP contribution < -0.4 is 16.4 Å². The number of benzene rings is 2. The lowest BCUT2D eigenvalue weighted by molar-refractivity contribution is -0.121. The fraction of sp³-hybridized carbons (Fsp3) is 0.400. The van der Waals surface area contributed by atoms with Gasteiger partial charge in [0, 0.05) is 18.8 Å². The molecule has 1 unspecified atom stereocenters. The van der Waals surface area contributed by atoms with Crippen molar-refractivity contribution in [2.75, 3.05) is 31.6 Å². The third-order valence-electron chi connectivity index (χ3n) is 5.45. The SMILES string of the molecule is CC(C)(C)c1ccc(C(=O)O)cc1.CN1CCN(c2cccc(CC(N)C(N)=O)c2)C(=O)C1. The van der Waals surface area contributed by atoms with Crippen molar-refractivity contribution >= 4 is 23.5 Å². The van der Waals surface area contributed by atoms with Crippen LogP contribution in [0.15, 0.2) is 48.5 Å². The van der Waals surface area contributed by atoms with Crippen molar-refractivity contribution in [1.29, 1.82) is 0 Å². The van der Waals surface area contributed by atoms with Crippen LogP contribution in [0, 0.1) is 0 Å². The molecule has 1 atom stereocenters. The fourth-order valence-corrected chi connectivity index (χ4v) is 3.38. The van der Waals surface area contributed by atoms with Gasteiger partial charge in [-0.1, -0.05) is 45.0 Å². The number of anilines is 1. The number of amides is 2. The van der Waals surface area contributed by atoms with Crippen LogP contribution in [0.3, 0.4) is 0 Å². The molecule has 0 radical (unpaired) electrons. The molecule has 1 saturated heterocycles. The molecule has 1 heterocycles. The lowest BCUT2D eigenvalue weighted by Gasteiger charge is -2.32. The summed E-state index contributed by atoms with van der Waals surface area (Å²) in [7, 11) is 1.93. The van der Waals surface area contributed by atoms with E-state index in [1.807, 2.05) is 48.3 Å². The van der Waals surface area contributed by atoms with Gasteiger partial charge in [0.2, 0.25) is 11.8 Å². The van der Waals surface area contributed by atoms with Gasteiger partial charge in [0.25, 0.3) is 0 Å². The number of carboxylic acids is 1. The Hall–Kier alpha value is -3.23. The third-order valence-corrected chi connectivity index (χ3v) is 5.45. The Labute approximate surface area is 195 Å². The zero-order chi connectivity index (χ0) is 24.8. The summed E-state index contributed by atoms with van der Waals surface area (Å²) in [6.07, 6.45) is 0.380. The predicted molar refractivity (Wildman–Crippen MR) is 129 cm³/mol. The molecule has 178 valence electrons. The molecular formula is C25H34N4O4. The summed E-state index contributed by atoms with van der Waals surface area (Å²) < 4.78 is 0. The zero-order valence-electron chi connectivity index (χ0n) is 19.7. The van der Waals surface area contributed by atoms with Crippen molar-refractivity contribution in [1.82, 2.24) is 4.90 Å². The highest BCUT2D eigenvalue weighted by atomic mass is 16.4. The quantitative estimate of drug-likeness (QED) is 0.634. The smallest absolute Gasteiger partial charge is 0.335 e. The van der Waals surface area contributed by atoms with Gasteiger partial charge in [-0.2, -0.15) is 0 Å². The first kappa shape index (κ1) is 26.0. The Kier molecular flexibility index (Phi) is 8.73. The molecule has 8 nitrogen and oxygen atoms in total. The van der Waals surface area contributed by atoms with Crippen LogP contribution in [0.4, 0.5) is 5.69 Å². The van der Waals surface area contributed by atoms with E-state index >= 15 is 0 Å². The Morgan fingerprint density at radius 1 is 1.09 bits per heavy atom. The Balaban J connectivity index is 0.000000257. The predicted octanol–water partition coefficient (Wildman–Crippen LogP) is 2.00. The molecule has 5 N–H and O–H groups in total. The number of carboxylic acid groups (broad SMARTS) is 1.